The molecule has 0 bridgehead atoms. The SMILES string of the molecule is Cc1ccc(C(C)NNC(N)c2ccccc2)cc1-n1c2cc(-c3ccc4c(c3)c3ccccc3n4-c3ccccc3)ccc2c2cccnc21.Cc1ccccc1. The smallest absolute Gasteiger partial charge is 0.145 e. The van der Waals surface area contributed by atoms with E-state index in [4.69, 9.17) is 10.7 Å². The molecule has 0 amide bonds. The predicted octanol–water partition coefficient (Wildman–Crippen LogP) is 12.1. The molecule has 4 N–H and O–H groups in total. The van der Waals surface area contributed by atoms with Crippen molar-refractivity contribution in [2.75, 3.05) is 0 Å². The number of rotatable bonds is 8. The predicted molar refractivity (Wildman–Crippen MR) is 242 cm³/mol. The molecule has 7 aromatic carbocycles. The van der Waals surface area contributed by atoms with Crippen LogP contribution in [0, 0.1) is 13.8 Å². The topological polar surface area (TPSA) is 72.8 Å². The Hall–Kier alpha value is -6.83. The number of nitrogens with two attached hydrogens (primary N) is 1. The Balaban J connectivity index is 0.000000565. The average Bonchev–Trinajstić information content (AvgIpc) is 3.79. The van der Waals surface area contributed by atoms with Crippen LogP contribution in [-0.2, 0) is 0 Å². The van der Waals surface area contributed by atoms with Crippen LogP contribution in [0.25, 0.3) is 66.2 Å². The van der Waals surface area contributed by atoms with Gasteiger partial charge in [-0.25, -0.2) is 15.8 Å². The number of hydrazine groups is 1. The van der Waals surface area contributed by atoms with Gasteiger partial charge in [0, 0.05) is 39.5 Å². The minimum absolute atomic E-state index is 0.000432. The summed E-state index contributed by atoms with van der Waals surface area (Å²) >= 11 is 0. The van der Waals surface area contributed by atoms with E-state index in [9.17, 15) is 0 Å². The molecule has 6 heteroatoms. The number of hydrogen-bond acceptors (Lipinski definition) is 4. The van der Waals surface area contributed by atoms with E-state index in [0.29, 0.717) is 0 Å². The lowest BCUT2D eigenvalue weighted by Gasteiger charge is -2.21. The van der Waals surface area contributed by atoms with Crippen molar-refractivity contribution in [3.63, 3.8) is 0 Å². The van der Waals surface area contributed by atoms with E-state index in [0.717, 1.165) is 44.6 Å². The van der Waals surface area contributed by atoms with Crippen molar-refractivity contribution < 1.29 is 0 Å². The van der Waals surface area contributed by atoms with Gasteiger partial charge in [-0.3, -0.25) is 4.57 Å². The van der Waals surface area contributed by atoms with Crippen LogP contribution in [0.1, 0.15) is 41.4 Å². The molecule has 3 heterocycles. The number of pyridine rings is 1. The van der Waals surface area contributed by atoms with E-state index in [1.807, 2.05) is 60.8 Å². The van der Waals surface area contributed by atoms with Gasteiger partial charge in [-0.05, 0) is 103 Å². The molecule has 0 saturated carbocycles. The Kier molecular flexibility index (Phi) is 10.1. The molecular weight excluding hydrogens is 709 g/mol. The first-order chi connectivity index (χ1) is 28.4. The van der Waals surface area contributed by atoms with Crippen LogP contribution in [0.3, 0.4) is 0 Å². The largest absolute Gasteiger partial charge is 0.311 e. The van der Waals surface area contributed by atoms with E-state index in [2.05, 4.69) is 168 Å². The number of nitrogens with zero attached hydrogens (tertiary/aromatic N) is 3. The standard InChI is InChI=1S/C45H38N6.C7H8/c1-29-19-20-32(30(2)48-49-44(46)31-12-5-3-6-13-31)27-42(29)51-43-28-34(21-23-37(43)38-17-11-25-47-45(38)51)33-22-24-41-39(26-33)36-16-9-10-18-40(36)50(41)35-14-7-4-8-15-35;1-7-5-3-2-4-6-7/h3-28,30,44,48-49H,46H2,1-2H3;2-6H,1H3. The summed E-state index contributed by atoms with van der Waals surface area (Å²) in [6, 6.07) is 64.1. The molecule has 2 atom stereocenters. The van der Waals surface area contributed by atoms with Crippen LogP contribution in [0.2, 0.25) is 0 Å². The van der Waals surface area contributed by atoms with Gasteiger partial charge in [0.15, 0.2) is 0 Å². The Morgan fingerprint density at radius 2 is 1.14 bits per heavy atom. The second kappa shape index (κ2) is 16.0. The summed E-state index contributed by atoms with van der Waals surface area (Å²) in [6.45, 7) is 6.40. The molecule has 58 heavy (non-hydrogen) atoms. The summed E-state index contributed by atoms with van der Waals surface area (Å²) in [5.41, 5.74) is 26.9. The molecule has 0 spiro atoms. The van der Waals surface area contributed by atoms with Gasteiger partial charge >= 0.3 is 0 Å². The molecule has 3 aromatic heterocycles. The van der Waals surface area contributed by atoms with Crippen molar-refractivity contribution in [1.82, 2.24) is 25.0 Å². The summed E-state index contributed by atoms with van der Waals surface area (Å²) in [7, 11) is 0. The number of benzene rings is 7. The van der Waals surface area contributed by atoms with Crippen LogP contribution in [0.5, 0.6) is 0 Å². The fraction of sp³-hybridized carbons (Fsp3) is 0.0962. The summed E-state index contributed by atoms with van der Waals surface area (Å²) in [5.74, 6) is 0. The normalized spacial score (nSPS) is 12.5. The number of fused-ring (bicyclic) bond motifs is 6. The molecular formula is C52H46N6. The first-order valence-corrected chi connectivity index (χ1v) is 19.9. The molecule has 0 aliphatic carbocycles. The molecule has 2 unspecified atom stereocenters. The van der Waals surface area contributed by atoms with Crippen molar-refractivity contribution in [3.8, 4) is 22.5 Å². The van der Waals surface area contributed by atoms with Crippen molar-refractivity contribution >= 4 is 43.7 Å². The van der Waals surface area contributed by atoms with E-state index in [-0.39, 0.29) is 12.2 Å². The molecule has 10 aromatic rings. The monoisotopic (exact) mass is 754 g/mol. The Labute approximate surface area is 339 Å². The molecule has 0 radical (unpaired) electrons. The second-order valence-corrected chi connectivity index (χ2v) is 15.0. The molecule has 0 aliphatic heterocycles. The first-order valence-electron chi connectivity index (χ1n) is 19.9. The third kappa shape index (κ3) is 7.05. The highest BCUT2D eigenvalue weighted by Crippen LogP contribution is 2.38. The third-order valence-corrected chi connectivity index (χ3v) is 11.1. The summed E-state index contributed by atoms with van der Waals surface area (Å²) < 4.78 is 4.68. The maximum absolute atomic E-state index is 6.44. The number of aromatic nitrogens is 3. The minimum atomic E-state index is -0.326. The highest BCUT2D eigenvalue weighted by atomic mass is 15.4. The fourth-order valence-corrected chi connectivity index (χ4v) is 7.99. The van der Waals surface area contributed by atoms with E-state index < -0.39 is 0 Å². The van der Waals surface area contributed by atoms with Crippen LogP contribution >= 0.6 is 0 Å². The van der Waals surface area contributed by atoms with Crippen molar-refractivity contribution in [2.45, 2.75) is 33.0 Å². The Bertz CT molecular complexity index is 3000. The van der Waals surface area contributed by atoms with Gasteiger partial charge in [0.25, 0.3) is 0 Å². The molecule has 0 saturated heterocycles. The molecule has 10 rings (SSSR count). The van der Waals surface area contributed by atoms with Crippen molar-refractivity contribution in [1.29, 1.82) is 0 Å². The van der Waals surface area contributed by atoms with Gasteiger partial charge < -0.3 is 10.3 Å². The van der Waals surface area contributed by atoms with Crippen LogP contribution in [0.4, 0.5) is 0 Å². The molecule has 6 nitrogen and oxygen atoms in total. The first kappa shape index (κ1) is 36.8. The zero-order valence-electron chi connectivity index (χ0n) is 33.0. The van der Waals surface area contributed by atoms with E-state index in [1.165, 1.54) is 43.9 Å². The van der Waals surface area contributed by atoms with Gasteiger partial charge in [-0.1, -0.05) is 133 Å². The average molecular weight is 755 g/mol. The zero-order chi connectivity index (χ0) is 39.6. The lowest BCUT2D eigenvalue weighted by atomic mass is 10.0. The van der Waals surface area contributed by atoms with Crippen LogP contribution in [0.15, 0.2) is 188 Å². The Morgan fingerprint density at radius 3 is 1.90 bits per heavy atom. The minimum Gasteiger partial charge on any atom is -0.311 e. The molecule has 284 valence electrons. The summed E-state index contributed by atoms with van der Waals surface area (Å²) in [4.78, 5) is 4.93. The van der Waals surface area contributed by atoms with Gasteiger partial charge in [0.1, 0.15) is 5.65 Å². The highest BCUT2D eigenvalue weighted by Gasteiger charge is 2.19. The molecule has 0 fully saturated rings. The van der Waals surface area contributed by atoms with Crippen molar-refractivity contribution in [2.24, 2.45) is 5.73 Å². The van der Waals surface area contributed by atoms with Crippen molar-refractivity contribution in [3.05, 3.63) is 210 Å². The van der Waals surface area contributed by atoms with Gasteiger partial charge in [0.05, 0.1) is 28.4 Å². The van der Waals surface area contributed by atoms with Crippen LogP contribution in [-0.4, -0.2) is 14.1 Å². The van der Waals surface area contributed by atoms with Crippen LogP contribution < -0.4 is 16.6 Å². The summed E-state index contributed by atoms with van der Waals surface area (Å²) in [6.07, 6.45) is 1.56. The van der Waals surface area contributed by atoms with Gasteiger partial charge in [-0.2, -0.15) is 0 Å². The maximum atomic E-state index is 6.44. The zero-order valence-corrected chi connectivity index (χ0v) is 33.0. The highest BCUT2D eigenvalue weighted by molar-refractivity contribution is 6.12. The number of hydrogen-bond donors (Lipinski definition) is 3. The maximum Gasteiger partial charge on any atom is 0.145 e. The quantitative estimate of drug-likeness (QED) is 0.107. The van der Waals surface area contributed by atoms with Gasteiger partial charge in [-0.15, -0.1) is 0 Å². The lowest BCUT2D eigenvalue weighted by Crippen LogP contribution is -2.41. The van der Waals surface area contributed by atoms with Gasteiger partial charge in [0.2, 0.25) is 0 Å². The second-order valence-electron chi connectivity index (χ2n) is 15.0. The Morgan fingerprint density at radius 1 is 0.500 bits per heavy atom. The molecule has 0 aliphatic rings. The van der Waals surface area contributed by atoms with E-state index in [1.54, 1.807) is 0 Å². The number of para-hydroxylation sites is 2. The third-order valence-electron chi connectivity index (χ3n) is 11.1. The van der Waals surface area contributed by atoms with E-state index >= 15 is 0 Å². The lowest BCUT2D eigenvalue weighted by molar-refractivity contribution is 0.400. The fourth-order valence-electron chi connectivity index (χ4n) is 7.99. The number of nitrogens with one attached hydrogen (secondary N) is 2. The number of aryl methyl sites for hydroxylation is 2. The summed E-state index contributed by atoms with van der Waals surface area (Å²) in [5, 5.41) is 4.79.